The van der Waals surface area contributed by atoms with E-state index in [1.807, 2.05) is 12.1 Å². The smallest absolute Gasteiger partial charge is 0.262 e. The number of nitrogens with one attached hydrogen (secondary N) is 1. The summed E-state index contributed by atoms with van der Waals surface area (Å²) in [7, 11) is 2.14. The average molecular weight is 348 g/mol. The maximum atomic E-state index is 11.5. The van der Waals surface area contributed by atoms with Crippen molar-refractivity contribution in [2.75, 3.05) is 19.0 Å². The van der Waals surface area contributed by atoms with Crippen LogP contribution in [0, 0.1) is 0 Å². The van der Waals surface area contributed by atoms with Crippen LogP contribution in [-0.2, 0) is 17.8 Å². The zero-order chi connectivity index (χ0) is 18.1. The first-order chi connectivity index (χ1) is 12.6. The lowest BCUT2D eigenvalue weighted by Crippen LogP contribution is -2.26. The zero-order valence-electron chi connectivity index (χ0n) is 15.3. The van der Waals surface area contributed by atoms with Gasteiger partial charge in [0, 0.05) is 12.6 Å². The predicted molar refractivity (Wildman–Crippen MR) is 104 cm³/mol. The number of hydrogen-bond acceptors (Lipinski definition) is 3. The molecule has 26 heavy (non-hydrogen) atoms. The van der Waals surface area contributed by atoms with Crippen LogP contribution in [0.15, 0.2) is 42.5 Å². The quantitative estimate of drug-likeness (QED) is 0.902. The number of amides is 1. The molecule has 0 radical (unpaired) electrons. The van der Waals surface area contributed by atoms with E-state index in [9.17, 15) is 4.79 Å². The second-order valence-corrected chi connectivity index (χ2v) is 7.12. The minimum absolute atomic E-state index is 0.0932. The largest absolute Gasteiger partial charge is 0.482 e. The predicted octanol–water partition coefficient (Wildman–Crippen LogP) is 4.17. The number of fused-ring (bicyclic) bond motifs is 2. The first-order valence-electron chi connectivity index (χ1n) is 9.16. The second-order valence-electron chi connectivity index (χ2n) is 7.12. The number of hydrogen-bond donors (Lipinski definition) is 1. The van der Waals surface area contributed by atoms with Crippen LogP contribution in [0.2, 0.25) is 0 Å². The highest BCUT2D eigenvalue weighted by molar-refractivity contribution is 5.95. The molecule has 1 amide bonds. The number of ether oxygens (including phenoxy) is 1. The van der Waals surface area contributed by atoms with Crippen molar-refractivity contribution in [2.24, 2.45) is 0 Å². The van der Waals surface area contributed by atoms with Crippen molar-refractivity contribution in [1.29, 1.82) is 0 Å². The molecular formula is C22H24N2O2. The molecule has 2 aliphatic rings. The summed E-state index contributed by atoms with van der Waals surface area (Å²) in [5.74, 6) is 0.644. The molecule has 0 aromatic heterocycles. The van der Waals surface area contributed by atoms with Gasteiger partial charge in [-0.25, -0.2) is 0 Å². The summed E-state index contributed by atoms with van der Waals surface area (Å²) >= 11 is 0. The Balaban J connectivity index is 1.54. The number of allylic oxidation sites excluding steroid dienone is 1. The van der Waals surface area contributed by atoms with Gasteiger partial charge in [0.1, 0.15) is 5.75 Å². The molecule has 2 aromatic carbocycles. The van der Waals surface area contributed by atoms with Gasteiger partial charge in [0.2, 0.25) is 0 Å². The Kier molecular flexibility index (Phi) is 4.51. The van der Waals surface area contributed by atoms with E-state index in [1.54, 1.807) is 0 Å². The minimum atomic E-state index is -0.0981. The molecule has 2 aromatic rings. The van der Waals surface area contributed by atoms with E-state index >= 15 is 0 Å². The monoisotopic (exact) mass is 348 g/mol. The van der Waals surface area contributed by atoms with Gasteiger partial charge in [-0.05, 0) is 61.2 Å². The second kappa shape index (κ2) is 6.96. The van der Waals surface area contributed by atoms with Gasteiger partial charge in [0.15, 0.2) is 6.61 Å². The molecule has 4 nitrogen and oxygen atoms in total. The Labute approximate surface area is 154 Å². The normalized spacial score (nSPS) is 16.5. The number of rotatable bonds is 4. The summed E-state index contributed by atoms with van der Waals surface area (Å²) in [4.78, 5) is 13.9. The fourth-order valence-corrected chi connectivity index (χ4v) is 3.75. The molecule has 4 rings (SSSR count). The summed E-state index contributed by atoms with van der Waals surface area (Å²) in [5.41, 5.74) is 6.11. The summed E-state index contributed by atoms with van der Waals surface area (Å²) in [5, 5.41) is 2.88. The topological polar surface area (TPSA) is 41.6 Å². The van der Waals surface area contributed by atoms with Crippen molar-refractivity contribution in [2.45, 2.75) is 32.4 Å². The number of nitrogens with zero attached hydrogens (tertiary/aromatic N) is 1. The van der Waals surface area contributed by atoms with Gasteiger partial charge < -0.3 is 10.1 Å². The van der Waals surface area contributed by atoms with E-state index in [-0.39, 0.29) is 12.5 Å². The van der Waals surface area contributed by atoms with Gasteiger partial charge in [-0.2, -0.15) is 0 Å². The fourth-order valence-electron chi connectivity index (χ4n) is 3.75. The lowest BCUT2D eigenvalue weighted by Gasteiger charge is -2.28. The molecule has 4 heteroatoms. The molecule has 0 saturated heterocycles. The highest BCUT2D eigenvalue weighted by atomic mass is 16.5. The number of benzene rings is 2. The van der Waals surface area contributed by atoms with Gasteiger partial charge >= 0.3 is 0 Å². The SMILES string of the molecule is C[C@H](c1cccc2c1C=CCC2)N(C)Cc1ccc2c(c1)NC(=O)CO2. The standard InChI is InChI=1S/C22H24N2O2/c1-15(18-9-5-7-17-6-3-4-8-19(17)18)24(2)13-16-10-11-21-20(12-16)23-22(25)14-26-21/h4-5,7-12,15H,3,6,13-14H2,1-2H3,(H,23,25)/t15-/m1/s1. The summed E-state index contributed by atoms with van der Waals surface area (Å²) in [6.07, 6.45) is 6.79. The zero-order valence-corrected chi connectivity index (χ0v) is 15.3. The van der Waals surface area contributed by atoms with Crippen molar-refractivity contribution in [1.82, 2.24) is 4.90 Å². The van der Waals surface area contributed by atoms with Gasteiger partial charge in [0.05, 0.1) is 5.69 Å². The summed E-state index contributed by atoms with van der Waals surface area (Å²) in [6, 6.07) is 13.0. The van der Waals surface area contributed by atoms with Gasteiger partial charge in [-0.3, -0.25) is 9.69 Å². The highest BCUT2D eigenvalue weighted by Gasteiger charge is 2.19. The van der Waals surface area contributed by atoms with E-state index < -0.39 is 0 Å². The minimum Gasteiger partial charge on any atom is -0.482 e. The van der Waals surface area contributed by atoms with Crippen molar-refractivity contribution in [3.05, 3.63) is 64.7 Å². The van der Waals surface area contributed by atoms with Crippen LogP contribution < -0.4 is 10.1 Å². The first kappa shape index (κ1) is 16.9. The summed E-state index contributed by atoms with van der Waals surface area (Å²) in [6.45, 7) is 3.15. The van der Waals surface area contributed by atoms with Crippen LogP contribution >= 0.6 is 0 Å². The Morgan fingerprint density at radius 1 is 1.27 bits per heavy atom. The molecular weight excluding hydrogens is 324 g/mol. The fraction of sp³-hybridized carbons (Fsp3) is 0.318. The van der Waals surface area contributed by atoms with Crippen molar-refractivity contribution in [3.63, 3.8) is 0 Å². The Morgan fingerprint density at radius 2 is 2.15 bits per heavy atom. The van der Waals surface area contributed by atoms with E-state index in [0.717, 1.165) is 36.4 Å². The van der Waals surface area contributed by atoms with Crippen molar-refractivity contribution >= 4 is 17.7 Å². The number of carbonyl (C=O) groups is 1. The molecule has 0 saturated carbocycles. The highest BCUT2D eigenvalue weighted by Crippen LogP contribution is 2.32. The van der Waals surface area contributed by atoms with Crippen LogP contribution in [0.3, 0.4) is 0 Å². The lowest BCUT2D eigenvalue weighted by atomic mass is 9.90. The maximum absolute atomic E-state index is 11.5. The molecule has 0 fully saturated rings. The average Bonchev–Trinajstić information content (AvgIpc) is 2.66. The molecule has 1 aliphatic heterocycles. The Hall–Kier alpha value is -2.59. The number of aryl methyl sites for hydroxylation is 1. The third kappa shape index (κ3) is 3.25. The molecule has 1 atom stereocenters. The van der Waals surface area contributed by atoms with E-state index in [4.69, 9.17) is 4.74 Å². The third-order valence-corrected chi connectivity index (χ3v) is 5.32. The van der Waals surface area contributed by atoms with Crippen molar-refractivity contribution < 1.29 is 9.53 Å². The molecule has 134 valence electrons. The van der Waals surface area contributed by atoms with Crippen LogP contribution in [-0.4, -0.2) is 24.5 Å². The van der Waals surface area contributed by atoms with Gasteiger partial charge in [-0.1, -0.05) is 36.4 Å². The molecule has 0 spiro atoms. The maximum Gasteiger partial charge on any atom is 0.262 e. The molecule has 1 aliphatic carbocycles. The molecule has 0 unspecified atom stereocenters. The van der Waals surface area contributed by atoms with E-state index in [1.165, 1.54) is 16.7 Å². The van der Waals surface area contributed by atoms with Crippen LogP contribution in [0.4, 0.5) is 5.69 Å². The van der Waals surface area contributed by atoms with Gasteiger partial charge in [0.25, 0.3) is 5.91 Å². The van der Waals surface area contributed by atoms with E-state index in [0.29, 0.717) is 6.04 Å². The molecule has 1 heterocycles. The number of anilines is 1. The summed E-state index contributed by atoms with van der Waals surface area (Å²) < 4.78 is 5.44. The Bertz CT molecular complexity index is 872. The Morgan fingerprint density at radius 3 is 3.04 bits per heavy atom. The van der Waals surface area contributed by atoms with Crippen molar-refractivity contribution in [3.8, 4) is 5.75 Å². The van der Waals surface area contributed by atoms with Crippen LogP contribution in [0.5, 0.6) is 5.75 Å². The van der Waals surface area contributed by atoms with E-state index in [2.05, 4.69) is 60.6 Å². The molecule has 1 N–H and O–H groups in total. The third-order valence-electron chi connectivity index (χ3n) is 5.32. The first-order valence-corrected chi connectivity index (χ1v) is 9.16. The van der Waals surface area contributed by atoms with Gasteiger partial charge in [-0.15, -0.1) is 0 Å². The number of carbonyl (C=O) groups excluding carboxylic acids is 1. The molecule has 0 bridgehead atoms. The van der Waals surface area contributed by atoms with Crippen LogP contribution in [0.25, 0.3) is 6.08 Å². The lowest BCUT2D eigenvalue weighted by molar-refractivity contribution is -0.118. The van der Waals surface area contributed by atoms with Crippen LogP contribution in [0.1, 0.15) is 41.6 Å².